The molecule has 0 aromatic carbocycles. The lowest BCUT2D eigenvalue weighted by molar-refractivity contribution is 0.248. The van der Waals surface area contributed by atoms with E-state index in [9.17, 15) is 0 Å². The highest BCUT2D eigenvalue weighted by molar-refractivity contribution is 4.73. The molecule has 1 aliphatic heterocycles. The van der Waals surface area contributed by atoms with Crippen LogP contribution in [0.1, 0.15) is 26.2 Å². The summed E-state index contributed by atoms with van der Waals surface area (Å²) in [6, 6.07) is 0. The van der Waals surface area contributed by atoms with E-state index in [1.807, 2.05) is 0 Å². The van der Waals surface area contributed by atoms with Gasteiger partial charge in [0.15, 0.2) is 0 Å². The first kappa shape index (κ1) is 10.0. The van der Waals surface area contributed by atoms with Crippen molar-refractivity contribution < 1.29 is 0 Å². The summed E-state index contributed by atoms with van der Waals surface area (Å²) < 4.78 is 0. The molecule has 2 N–H and O–H groups in total. The third-order valence-corrected chi connectivity index (χ3v) is 3.09. The van der Waals surface area contributed by atoms with Crippen molar-refractivity contribution in [2.75, 3.05) is 26.7 Å². The van der Waals surface area contributed by atoms with Crippen molar-refractivity contribution in [3.05, 3.63) is 0 Å². The lowest BCUT2D eigenvalue weighted by Gasteiger charge is -2.24. The van der Waals surface area contributed by atoms with Gasteiger partial charge < -0.3 is 10.6 Å². The van der Waals surface area contributed by atoms with E-state index >= 15 is 0 Å². The van der Waals surface area contributed by atoms with Gasteiger partial charge in [-0.1, -0.05) is 13.3 Å². The Balaban J connectivity index is 2.40. The van der Waals surface area contributed by atoms with Gasteiger partial charge in [-0.2, -0.15) is 0 Å². The molecule has 2 nitrogen and oxygen atoms in total. The SMILES string of the molecule is CC(CN)C1CCCCN(C)C1. The molecule has 12 heavy (non-hydrogen) atoms. The summed E-state index contributed by atoms with van der Waals surface area (Å²) in [4.78, 5) is 2.45. The maximum absolute atomic E-state index is 5.68. The smallest absolute Gasteiger partial charge is 0.000963 e. The summed E-state index contributed by atoms with van der Waals surface area (Å²) in [5.41, 5.74) is 5.68. The number of nitrogens with zero attached hydrogens (tertiary/aromatic N) is 1. The van der Waals surface area contributed by atoms with Crippen LogP contribution in [-0.2, 0) is 0 Å². The fraction of sp³-hybridized carbons (Fsp3) is 1.00. The molecule has 0 spiro atoms. The molecule has 1 rings (SSSR count). The average Bonchev–Trinajstić information content (AvgIpc) is 2.28. The van der Waals surface area contributed by atoms with Crippen molar-refractivity contribution in [2.45, 2.75) is 26.2 Å². The number of rotatable bonds is 2. The number of nitrogens with two attached hydrogens (primary N) is 1. The monoisotopic (exact) mass is 170 g/mol. The highest BCUT2D eigenvalue weighted by atomic mass is 15.1. The maximum atomic E-state index is 5.68. The van der Waals surface area contributed by atoms with Gasteiger partial charge in [0, 0.05) is 6.54 Å². The van der Waals surface area contributed by atoms with E-state index in [0.29, 0.717) is 5.92 Å². The van der Waals surface area contributed by atoms with Gasteiger partial charge in [-0.05, 0) is 44.8 Å². The Morgan fingerprint density at radius 3 is 2.92 bits per heavy atom. The van der Waals surface area contributed by atoms with Crippen molar-refractivity contribution in [3.63, 3.8) is 0 Å². The van der Waals surface area contributed by atoms with Gasteiger partial charge in [0.2, 0.25) is 0 Å². The molecule has 1 aliphatic rings. The molecule has 1 fully saturated rings. The molecule has 1 saturated heterocycles. The first-order valence-corrected chi connectivity index (χ1v) is 5.12. The predicted octanol–water partition coefficient (Wildman–Crippen LogP) is 1.31. The molecule has 2 heteroatoms. The first-order chi connectivity index (χ1) is 5.74. The zero-order valence-corrected chi connectivity index (χ0v) is 8.42. The zero-order chi connectivity index (χ0) is 8.97. The summed E-state index contributed by atoms with van der Waals surface area (Å²) in [7, 11) is 2.22. The van der Waals surface area contributed by atoms with Crippen molar-refractivity contribution in [1.82, 2.24) is 4.90 Å². The highest BCUT2D eigenvalue weighted by Crippen LogP contribution is 2.21. The van der Waals surface area contributed by atoms with Gasteiger partial charge >= 0.3 is 0 Å². The van der Waals surface area contributed by atoms with E-state index in [4.69, 9.17) is 5.73 Å². The largest absolute Gasteiger partial charge is 0.330 e. The zero-order valence-electron chi connectivity index (χ0n) is 8.42. The molecule has 0 amide bonds. The third-order valence-electron chi connectivity index (χ3n) is 3.09. The summed E-state index contributed by atoms with van der Waals surface area (Å²) >= 11 is 0. The Morgan fingerprint density at radius 2 is 2.25 bits per heavy atom. The highest BCUT2D eigenvalue weighted by Gasteiger charge is 2.19. The minimum Gasteiger partial charge on any atom is -0.330 e. The summed E-state index contributed by atoms with van der Waals surface area (Å²) in [5.74, 6) is 1.54. The van der Waals surface area contributed by atoms with E-state index in [2.05, 4.69) is 18.9 Å². The predicted molar refractivity (Wildman–Crippen MR) is 53.1 cm³/mol. The van der Waals surface area contributed by atoms with Crippen molar-refractivity contribution >= 4 is 0 Å². The molecule has 2 atom stereocenters. The van der Waals surface area contributed by atoms with Crippen molar-refractivity contribution in [3.8, 4) is 0 Å². The van der Waals surface area contributed by atoms with E-state index in [1.54, 1.807) is 0 Å². The lowest BCUT2D eigenvalue weighted by Crippen LogP contribution is -2.30. The molecule has 0 aromatic heterocycles. The Labute approximate surface area is 76.1 Å². The van der Waals surface area contributed by atoms with Crippen LogP contribution in [0.15, 0.2) is 0 Å². The summed E-state index contributed by atoms with van der Waals surface area (Å²) in [6.45, 7) is 5.65. The molecule has 2 unspecified atom stereocenters. The van der Waals surface area contributed by atoms with Gasteiger partial charge in [-0.3, -0.25) is 0 Å². The minimum absolute atomic E-state index is 0.700. The van der Waals surface area contributed by atoms with Crippen molar-refractivity contribution in [1.29, 1.82) is 0 Å². The Bertz CT molecular complexity index is 125. The Kier molecular flexibility index (Phi) is 4.02. The van der Waals surface area contributed by atoms with Gasteiger partial charge in [0.1, 0.15) is 0 Å². The summed E-state index contributed by atoms with van der Waals surface area (Å²) in [6.07, 6.45) is 4.13. The van der Waals surface area contributed by atoms with Crippen LogP contribution in [0.2, 0.25) is 0 Å². The molecule has 72 valence electrons. The van der Waals surface area contributed by atoms with Crippen LogP contribution in [0.25, 0.3) is 0 Å². The van der Waals surface area contributed by atoms with Gasteiger partial charge in [-0.25, -0.2) is 0 Å². The normalized spacial score (nSPS) is 29.8. The molecule has 0 bridgehead atoms. The first-order valence-electron chi connectivity index (χ1n) is 5.12. The minimum atomic E-state index is 0.700. The van der Waals surface area contributed by atoms with Crippen LogP contribution in [0.3, 0.4) is 0 Å². The topological polar surface area (TPSA) is 29.3 Å². The van der Waals surface area contributed by atoms with E-state index in [-0.39, 0.29) is 0 Å². The van der Waals surface area contributed by atoms with Gasteiger partial charge in [-0.15, -0.1) is 0 Å². The quantitative estimate of drug-likeness (QED) is 0.677. The van der Waals surface area contributed by atoms with Gasteiger partial charge in [0.25, 0.3) is 0 Å². The molecule has 0 aromatic rings. The fourth-order valence-corrected chi connectivity index (χ4v) is 2.03. The summed E-state index contributed by atoms with van der Waals surface area (Å²) in [5, 5.41) is 0. The number of hydrogen-bond acceptors (Lipinski definition) is 2. The standard InChI is InChI=1S/C10H22N2/c1-9(7-11)10-5-3-4-6-12(2)8-10/h9-10H,3-8,11H2,1-2H3. The van der Waals surface area contributed by atoms with Crippen molar-refractivity contribution in [2.24, 2.45) is 17.6 Å². The average molecular weight is 170 g/mol. The molecular weight excluding hydrogens is 148 g/mol. The van der Waals surface area contributed by atoms with Crippen LogP contribution in [0, 0.1) is 11.8 Å². The number of likely N-dealkylation sites (tertiary alicyclic amines) is 1. The van der Waals surface area contributed by atoms with Crippen LogP contribution in [0.4, 0.5) is 0 Å². The molecule has 0 radical (unpaired) electrons. The Morgan fingerprint density at radius 1 is 1.50 bits per heavy atom. The third kappa shape index (κ3) is 2.76. The fourth-order valence-electron chi connectivity index (χ4n) is 2.03. The molecule has 0 saturated carbocycles. The lowest BCUT2D eigenvalue weighted by atomic mass is 9.90. The van der Waals surface area contributed by atoms with Crippen LogP contribution in [0.5, 0.6) is 0 Å². The van der Waals surface area contributed by atoms with Crippen LogP contribution < -0.4 is 5.73 Å². The second-order valence-corrected chi connectivity index (χ2v) is 4.23. The van der Waals surface area contributed by atoms with E-state index in [0.717, 1.165) is 12.5 Å². The molecule has 1 heterocycles. The second-order valence-electron chi connectivity index (χ2n) is 4.23. The van der Waals surface area contributed by atoms with Gasteiger partial charge in [0.05, 0.1) is 0 Å². The Hall–Kier alpha value is -0.0800. The van der Waals surface area contributed by atoms with E-state index in [1.165, 1.54) is 32.4 Å². The maximum Gasteiger partial charge on any atom is 0.000963 e. The molecule has 0 aliphatic carbocycles. The van der Waals surface area contributed by atoms with E-state index < -0.39 is 0 Å². The second kappa shape index (κ2) is 4.83. The molecular formula is C10H22N2. The van der Waals surface area contributed by atoms with Crippen LogP contribution in [-0.4, -0.2) is 31.6 Å². The van der Waals surface area contributed by atoms with Crippen LogP contribution >= 0.6 is 0 Å². The number of hydrogen-bond donors (Lipinski definition) is 1.